The van der Waals surface area contributed by atoms with Crippen molar-refractivity contribution in [3.63, 3.8) is 0 Å². The Morgan fingerprint density at radius 2 is 2.00 bits per heavy atom. The highest BCUT2D eigenvalue weighted by Crippen LogP contribution is 2.40. The Bertz CT molecular complexity index is 823. The quantitative estimate of drug-likeness (QED) is 0.760. The van der Waals surface area contributed by atoms with Crippen LogP contribution >= 0.6 is 36.4 Å². The molecule has 0 bridgehead atoms. The first kappa shape index (κ1) is 22.2. The van der Waals surface area contributed by atoms with E-state index in [1.54, 1.807) is 0 Å². The largest absolute Gasteiger partial charge is 0.338 e. The van der Waals surface area contributed by atoms with Gasteiger partial charge in [0.1, 0.15) is 0 Å². The van der Waals surface area contributed by atoms with Crippen LogP contribution in [-0.2, 0) is 0 Å². The number of rotatable bonds is 3. The molecular formula is C20H26Cl3N3O. The van der Waals surface area contributed by atoms with Gasteiger partial charge in [-0.15, -0.1) is 24.8 Å². The van der Waals surface area contributed by atoms with Crippen molar-refractivity contribution in [2.75, 3.05) is 13.1 Å². The third-order valence-corrected chi connectivity index (χ3v) is 5.74. The minimum Gasteiger partial charge on any atom is -0.338 e. The van der Waals surface area contributed by atoms with E-state index in [-0.39, 0.29) is 36.8 Å². The number of halogens is 3. The third-order valence-electron chi connectivity index (χ3n) is 5.51. The van der Waals surface area contributed by atoms with E-state index in [2.05, 4.69) is 0 Å². The van der Waals surface area contributed by atoms with Gasteiger partial charge in [-0.05, 0) is 62.8 Å². The molecule has 1 aliphatic carbocycles. The van der Waals surface area contributed by atoms with Crippen molar-refractivity contribution in [2.24, 2.45) is 11.7 Å². The Morgan fingerprint density at radius 3 is 2.67 bits per heavy atom. The van der Waals surface area contributed by atoms with Crippen LogP contribution in [0, 0.1) is 5.92 Å². The lowest BCUT2D eigenvalue weighted by Gasteiger charge is -2.35. The van der Waals surface area contributed by atoms with Crippen LogP contribution in [0.2, 0.25) is 5.02 Å². The van der Waals surface area contributed by atoms with Gasteiger partial charge in [0.05, 0.1) is 11.1 Å². The summed E-state index contributed by atoms with van der Waals surface area (Å²) in [6, 6.07) is 7.73. The van der Waals surface area contributed by atoms with Gasteiger partial charge in [0.25, 0.3) is 5.91 Å². The Labute approximate surface area is 177 Å². The smallest absolute Gasteiger partial charge is 0.254 e. The van der Waals surface area contributed by atoms with Crippen molar-refractivity contribution in [3.8, 4) is 0 Å². The Morgan fingerprint density at radius 1 is 1.26 bits per heavy atom. The molecule has 2 unspecified atom stereocenters. The number of hydrogen-bond donors (Lipinski definition) is 1. The summed E-state index contributed by atoms with van der Waals surface area (Å²) in [4.78, 5) is 20.0. The van der Waals surface area contributed by atoms with Gasteiger partial charge in [-0.25, -0.2) is 0 Å². The maximum absolute atomic E-state index is 13.3. The maximum Gasteiger partial charge on any atom is 0.254 e. The fraction of sp³-hybridized carbons (Fsp3) is 0.500. The number of fused-ring (bicyclic) bond motifs is 1. The zero-order valence-corrected chi connectivity index (χ0v) is 17.7. The highest BCUT2D eigenvalue weighted by molar-refractivity contribution is 6.31. The van der Waals surface area contributed by atoms with Gasteiger partial charge in [-0.2, -0.15) is 0 Å². The summed E-state index contributed by atoms with van der Waals surface area (Å²) in [5.74, 6) is 0.962. The molecule has 2 aliphatic rings. The van der Waals surface area contributed by atoms with E-state index in [4.69, 9.17) is 22.3 Å². The first-order valence-corrected chi connectivity index (χ1v) is 9.56. The lowest BCUT2D eigenvalue weighted by Crippen LogP contribution is -2.45. The van der Waals surface area contributed by atoms with E-state index in [1.807, 2.05) is 36.1 Å². The summed E-state index contributed by atoms with van der Waals surface area (Å²) in [5, 5.41) is 1.49. The van der Waals surface area contributed by atoms with Crippen LogP contribution in [0.5, 0.6) is 0 Å². The summed E-state index contributed by atoms with van der Waals surface area (Å²) < 4.78 is 0. The fourth-order valence-corrected chi connectivity index (χ4v) is 3.95. The number of likely N-dealkylation sites (tertiary alicyclic amines) is 1. The van der Waals surface area contributed by atoms with Gasteiger partial charge in [-0.3, -0.25) is 9.78 Å². The molecule has 2 N–H and O–H groups in total. The normalized spacial score (nSPS) is 20.6. The Balaban J connectivity index is 0.00000131. The number of carbonyl (C=O) groups is 1. The molecule has 1 amide bonds. The molecule has 4 rings (SSSR count). The summed E-state index contributed by atoms with van der Waals surface area (Å²) in [5.41, 5.74) is 8.72. The zero-order chi connectivity index (χ0) is 17.6. The van der Waals surface area contributed by atoms with Gasteiger partial charge in [0.2, 0.25) is 0 Å². The molecule has 0 radical (unpaired) electrons. The molecule has 1 aromatic carbocycles. The summed E-state index contributed by atoms with van der Waals surface area (Å²) in [6.45, 7) is 3.57. The third kappa shape index (κ3) is 4.68. The highest BCUT2D eigenvalue weighted by Gasteiger charge is 2.30. The zero-order valence-electron chi connectivity index (χ0n) is 15.4. The topological polar surface area (TPSA) is 59.2 Å². The van der Waals surface area contributed by atoms with E-state index < -0.39 is 0 Å². The Hall–Kier alpha value is -1.07. The van der Waals surface area contributed by atoms with Crippen LogP contribution in [0.1, 0.15) is 54.6 Å². The monoisotopic (exact) mass is 429 g/mol. The van der Waals surface area contributed by atoms with Crippen LogP contribution in [-0.4, -0.2) is 34.9 Å². The van der Waals surface area contributed by atoms with E-state index in [0.717, 1.165) is 60.9 Å². The lowest BCUT2D eigenvalue weighted by atomic mass is 9.91. The number of carbonyl (C=O) groups excluding carboxylic acids is 1. The average Bonchev–Trinajstić information content (AvgIpc) is 3.45. The second-order valence-electron chi connectivity index (χ2n) is 7.54. The molecule has 2 atom stereocenters. The summed E-state index contributed by atoms with van der Waals surface area (Å²) in [6.07, 6.45) is 4.43. The number of nitrogens with zero attached hydrogens (tertiary/aromatic N) is 2. The molecule has 2 aromatic rings. The molecule has 7 heteroatoms. The molecular weight excluding hydrogens is 405 g/mol. The Kier molecular flexibility index (Phi) is 7.37. The van der Waals surface area contributed by atoms with Crippen molar-refractivity contribution >= 4 is 53.2 Å². The molecule has 4 nitrogen and oxygen atoms in total. The summed E-state index contributed by atoms with van der Waals surface area (Å²) >= 11 is 6.19. The van der Waals surface area contributed by atoms with Crippen molar-refractivity contribution in [3.05, 3.63) is 40.5 Å². The molecule has 1 aliphatic heterocycles. The second kappa shape index (κ2) is 8.95. The number of benzene rings is 1. The van der Waals surface area contributed by atoms with E-state index in [0.29, 0.717) is 16.9 Å². The van der Waals surface area contributed by atoms with Crippen LogP contribution in [0.25, 0.3) is 10.9 Å². The van der Waals surface area contributed by atoms with Crippen LogP contribution in [0.4, 0.5) is 0 Å². The van der Waals surface area contributed by atoms with Crippen molar-refractivity contribution in [1.82, 2.24) is 9.88 Å². The number of piperidine rings is 1. The second-order valence-corrected chi connectivity index (χ2v) is 7.98. The van der Waals surface area contributed by atoms with Crippen molar-refractivity contribution in [2.45, 2.75) is 44.6 Å². The summed E-state index contributed by atoms with van der Waals surface area (Å²) in [7, 11) is 0. The average molecular weight is 431 g/mol. The van der Waals surface area contributed by atoms with Gasteiger partial charge in [0.15, 0.2) is 0 Å². The predicted octanol–water partition coefficient (Wildman–Crippen LogP) is 4.81. The molecule has 27 heavy (non-hydrogen) atoms. The van der Waals surface area contributed by atoms with Gasteiger partial charge in [0, 0.05) is 41.2 Å². The van der Waals surface area contributed by atoms with Crippen LogP contribution < -0.4 is 5.73 Å². The van der Waals surface area contributed by atoms with Crippen LogP contribution in [0.15, 0.2) is 24.3 Å². The van der Waals surface area contributed by atoms with E-state index in [1.165, 1.54) is 0 Å². The molecule has 2 heterocycles. The van der Waals surface area contributed by atoms with E-state index >= 15 is 0 Å². The fourth-order valence-electron chi connectivity index (χ4n) is 3.78. The molecule has 148 valence electrons. The van der Waals surface area contributed by atoms with E-state index in [9.17, 15) is 4.79 Å². The number of pyridine rings is 1. The maximum atomic E-state index is 13.3. The SMILES string of the molecule is CC(N)C1CCCN(C(=O)c2cc(C3CC3)nc3ccc(Cl)cc23)C1.Cl.Cl. The first-order valence-electron chi connectivity index (χ1n) is 9.18. The minimum atomic E-state index is 0. The molecule has 2 fully saturated rings. The van der Waals surface area contributed by atoms with Gasteiger partial charge in [-0.1, -0.05) is 11.6 Å². The van der Waals surface area contributed by atoms with Crippen molar-refractivity contribution in [1.29, 1.82) is 0 Å². The molecule has 0 spiro atoms. The molecule has 1 saturated heterocycles. The van der Waals surface area contributed by atoms with Crippen molar-refractivity contribution < 1.29 is 4.79 Å². The van der Waals surface area contributed by atoms with Gasteiger partial charge < -0.3 is 10.6 Å². The molecule has 1 aromatic heterocycles. The number of hydrogen-bond acceptors (Lipinski definition) is 3. The highest BCUT2D eigenvalue weighted by atomic mass is 35.5. The number of aromatic nitrogens is 1. The van der Waals surface area contributed by atoms with Gasteiger partial charge >= 0.3 is 0 Å². The van der Waals surface area contributed by atoms with Crippen LogP contribution in [0.3, 0.4) is 0 Å². The first-order chi connectivity index (χ1) is 12.0. The standard InChI is InChI=1S/C20H24ClN3O.2ClH/c1-12(22)14-3-2-8-24(11-14)20(25)17-10-19(13-4-5-13)23-18-7-6-15(21)9-16(17)18;;/h6-7,9-10,12-14H,2-5,8,11,22H2,1H3;2*1H. The predicted molar refractivity (Wildman–Crippen MR) is 116 cm³/mol. The lowest BCUT2D eigenvalue weighted by molar-refractivity contribution is 0.0663. The number of nitrogens with two attached hydrogens (primary N) is 1. The molecule has 1 saturated carbocycles. The minimum absolute atomic E-state index is 0. The number of amides is 1.